The quantitative estimate of drug-likeness (QED) is 0.784. The van der Waals surface area contributed by atoms with Crippen LogP contribution in [-0.4, -0.2) is 10.2 Å². The van der Waals surface area contributed by atoms with Crippen molar-refractivity contribution in [2.75, 3.05) is 0 Å². The Morgan fingerprint density at radius 3 is 2.18 bits per heavy atom. The molecule has 2 aromatic carbocycles. The number of phenols is 2. The third-order valence-electron chi connectivity index (χ3n) is 3.49. The molecule has 2 nitrogen and oxygen atoms in total. The lowest BCUT2D eigenvalue weighted by Crippen LogP contribution is -1.96. The molecule has 0 bridgehead atoms. The maximum absolute atomic E-state index is 9.46. The van der Waals surface area contributed by atoms with Crippen LogP contribution in [0.5, 0.6) is 11.5 Å². The van der Waals surface area contributed by atoms with Gasteiger partial charge in [-0.25, -0.2) is 0 Å². The molecule has 0 spiro atoms. The van der Waals surface area contributed by atoms with Crippen LogP contribution in [0.1, 0.15) is 22.6 Å². The minimum absolute atomic E-state index is 0.307. The molecule has 17 heavy (non-hydrogen) atoms. The maximum Gasteiger partial charge on any atom is 0.115 e. The number of phenolic OH excluding ortho intramolecular Hbond substituents is 2. The number of aromatic hydroxyl groups is 2. The van der Waals surface area contributed by atoms with E-state index in [2.05, 4.69) is 0 Å². The summed E-state index contributed by atoms with van der Waals surface area (Å²) in [6.07, 6.45) is 1.98. The summed E-state index contributed by atoms with van der Waals surface area (Å²) in [6.45, 7) is 0. The molecular formula is C15H14O2. The van der Waals surface area contributed by atoms with Crippen molar-refractivity contribution in [3.05, 3.63) is 59.2 Å². The Kier molecular flexibility index (Phi) is 2.29. The zero-order valence-electron chi connectivity index (χ0n) is 9.43. The van der Waals surface area contributed by atoms with Crippen molar-refractivity contribution in [1.29, 1.82) is 0 Å². The lowest BCUT2D eigenvalue weighted by Gasteiger charge is -2.08. The molecule has 0 aliphatic heterocycles. The van der Waals surface area contributed by atoms with E-state index in [1.54, 1.807) is 18.2 Å². The molecule has 0 heterocycles. The minimum Gasteiger partial charge on any atom is -0.508 e. The average Bonchev–Trinajstić information content (AvgIpc) is 2.72. The summed E-state index contributed by atoms with van der Waals surface area (Å²) >= 11 is 0. The second-order valence-corrected chi connectivity index (χ2v) is 4.65. The van der Waals surface area contributed by atoms with Crippen LogP contribution in [0.3, 0.4) is 0 Å². The minimum atomic E-state index is 0.307. The summed E-state index contributed by atoms with van der Waals surface area (Å²) < 4.78 is 0. The van der Waals surface area contributed by atoms with E-state index in [9.17, 15) is 10.2 Å². The van der Waals surface area contributed by atoms with Crippen LogP contribution < -0.4 is 0 Å². The van der Waals surface area contributed by atoms with Gasteiger partial charge in [-0.3, -0.25) is 0 Å². The van der Waals surface area contributed by atoms with Gasteiger partial charge in [-0.15, -0.1) is 0 Å². The normalized spacial score (nSPS) is 18.0. The number of fused-ring (bicyclic) bond motifs is 1. The molecule has 0 radical (unpaired) electrons. The van der Waals surface area contributed by atoms with E-state index in [-0.39, 0.29) is 0 Å². The van der Waals surface area contributed by atoms with E-state index in [4.69, 9.17) is 0 Å². The fraction of sp³-hybridized carbons (Fsp3) is 0.200. The Labute approximate surface area is 100 Å². The highest BCUT2D eigenvalue weighted by molar-refractivity contribution is 5.42. The molecule has 2 aromatic rings. The van der Waals surface area contributed by atoms with Crippen molar-refractivity contribution in [2.45, 2.75) is 18.8 Å². The van der Waals surface area contributed by atoms with Crippen LogP contribution in [-0.2, 0) is 12.8 Å². The first-order chi connectivity index (χ1) is 8.22. The van der Waals surface area contributed by atoms with Gasteiger partial charge in [-0.05, 0) is 59.7 Å². The van der Waals surface area contributed by atoms with Gasteiger partial charge in [-0.1, -0.05) is 18.2 Å². The second kappa shape index (κ2) is 3.81. The van der Waals surface area contributed by atoms with Crippen LogP contribution >= 0.6 is 0 Å². The van der Waals surface area contributed by atoms with E-state index < -0.39 is 0 Å². The predicted molar refractivity (Wildman–Crippen MR) is 66.4 cm³/mol. The van der Waals surface area contributed by atoms with E-state index >= 15 is 0 Å². The monoisotopic (exact) mass is 226 g/mol. The lowest BCUT2D eigenvalue weighted by molar-refractivity contribution is 0.474. The summed E-state index contributed by atoms with van der Waals surface area (Å²) in [5.74, 6) is 1.12. The van der Waals surface area contributed by atoms with Crippen molar-refractivity contribution in [1.82, 2.24) is 0 Å². The standard InChI is InChI=1S/C15H14O2/c16-14-4-1-10(2-5-14)12-7-11-3-6-15(17)9-13(11)8-12/h1-6,9,12,16-17H,7-8H2. The predicted octanol–water partition coefficient (Wildman–Crippen LogP) is 2.98. The summed E-state index contributed by atoms with van der Waals surface area (Å²) in [5.41, 5.74) is 3.81. The molecule has 0 aromatic heterocycles. The Balaban J connectivity index is 1.88. The molecule has 0 saturated heterocycles. The SMILES string of the molecule is Oc1ccc(C2Cc3ccc(O)cc3C2)cc1. The summed E-state index contributed by atoms with van der Waals surface area (Å²) in [7, 11) is 0. The first-order valence-corrected chi connectivity index (χ1v) is 5.82. The largest absolute Gasteiger partial charge is 0.508 e. The van der Waals surface area contributed by atoms with Gasteiger partial charge in [0.05, 0.1) is 0 Å². The summed E-state index contributed by atoms with van der Waals surface area (Å²) in [5, 5.41) is 18.7. The van der Waals surface area contributed by atoms with Gasteiger partial charge < -0.3 is 10.2 Å². The molecule has 1 aliphatic rings. The summed E-state index contributed by atoms with van der Waals surface area (Å²) in [6, 6.07) is 13.0. The number of hydrogen-bond donors (Lipinski definition) is 2. The Morgan fingerprint density at radius 1 is 0.765 bits per heavy atom. The van der Waals surface area contributed by atoms with Crippen molar-refractivity contribution >= 4 is 0 Å². The highest BCUT2D eigenvalue weighted by Crippen LogP contribution is 2.35. The van der Waals surface area contributed by atoms with Crippen LogP contribution in [0.15, 0.2) is 42.5 Å². The third kappa shape index (κ3) is 1.86. The van der Waals surface area contributed by atoms with Crippen molar-refractivity contribution in [3.63, 3.8) is 0 Å². The molecule has 2 N–H and O–H groups in total. The smallest absolute Gasteiger partial charge is 0.115 e. The fourth-order valence-electron chi connectivity index (χ4n) is 2.59. The van der Waals surface area contributed by atoms with Crippen LogP contribution in [0.2, 0.25) is 0 Å². The maximum atomic E-state index is 9.46. The van der Waals surface area contributed by atoms with Gasteiger partial charge in [0.1, 0.15) is 11.5 Å². The summed E-state index contributed by atoms with van der Waals surface area (Å²) in [4.78, 5) is 0. The van der Waals surface area contributed by atoms with Crippen LogP contribution in [0, 0.1) is 0 Å². The van der Waals surface area contributed by atoms with Gasteiger partial charge in [0, 0.05) is 0 Å². The number of benzene rings is 2. The van der Waals surface area contributed by atoms with Crippen molar-refractivity contribution in [2.24, 2.45) is 0 Å². The zero-order chi connectivity index (χ0) is 11.8. The number of rotatable bonds is 1. The molecule has 3 rings (SSSR count). The van der Waals surface area contributed by atoms with Gasteiger partial charge >= 0.3 is 0 Å². The molecule has 1 aliphatic carbocycles. The first kappa shape index (κ1) is 10.2. The Hall–Kier alpha value is -1.96. The molecule has 0 amide bonds. The molecule has 2 heteroatoms. The zero-order valence-corrected chi connectivity index (χ0v) is 9.43. The molecule has 0 saturated carbocycles. The van der Waals surface area contributed by atoms with Crippen molar-refractivity contribution < 1.29 is 10.2 Å². The van der Waals surface area contributed by atoms with Crippen molar-refractivity contribution in [3.8, 4) is 11.5 Å². The fourth-order valence-corrected chi connectivity index (χ4v) is 2.59. The molecular weight excluding hydrogens is 212 g/mol. The highest BCUT2D eigenvalue weighted by Gasteiger charge is 2.22. The average molecular weight is 226 g/mol. The van der Waals surface area contributed by atoms with E-state index in [0.717, 1.165) is 12.8 Å². The van der Waals surface area contributed by atoms with Gasteiger partial charge in [0.15, 0.2) is 0 Å². The van der Waals surface area contributed by atoms with E-state index in [0.29, 0.717) is 17.4 Å². The molecule has 86 valence electrons. The van der Waals surface area contributed by atoms with Gasteiger partial charge in [-0.2, -0.15) is 0 Å². The third-order valence-corrected chi connectivity index (χ3v) is 3.49. The van der Waals surface area contributed by atoms with E-state index in [1.807, 2.05) is 24.3 Å². The second-order valence-electron chi connectivity index (χ2n) is 4.65. The molecule has 1 atom stereocenters. The first-order valence-electron chi connectivity index (χ1n) is 5.82. The number of hydrogen-bond acceptors (Lipinski definition) is 2. The molecule has 1 unspecified atom stereocenters. The topological polar surface area (TPSA) is 40.5 Å². The highest BCUT2D eigenvalue weighted by atomic mass is 16.3. The Morgan fingerprint density at radius 2 is 1.41 bits per heavy atom. The van der Waals surface area contributed by atoms with E-state index in [1.165, 1.54) is 16.7 Å². The lowest BCUT2D eigenvalue weighted by atomic mass is 9.96. The van der Waals surface area contributed by atoms with Gasteiger partial charge in [0.25, 0.3) is 0 Å². The van der Waals surface area contributed by atoms with Crippen LogP contribution in [0.4, 0.5) is 0 Å². The molecule has 0 fully saturated rings. The Bertz CT molecular complexity index is 543. The van der Waals surface area contributed by atoms with Crippen LogP contribution in [0.25, 0.3) is 0 Å². The van der Waals surface area contributed by atoms with Gasteiger partial charge in [0.2, 0.25) is 0 Å².